The topological polar surface area (TPSA) is 55.9 Å². The molecular formula is C13H24N4. The summed E-state index contributed by atoms with van der Waals surface area (Å²) in [5.74, 6) is 7.32. The smallest absolute Gasteiger partial charge is 0.0946 e. The minimum absolute atomic E-state index is 0.250. The van der Waals surface area contributed by atoms with Gasteiger partial charge in [0.2, 0.25) is 0 Å². The molecule has 1 aromatic rings. The summed E-state index contributed by atoms with van der Waals surface area (Å²) >= 11 is 0. The van der Waals surface area contributed by atoms with Crippen molar-refractivity contribution in [1.82, 2.24) is 15.0 Å². The summed E-state index contributed by atoms with van der Waals surface area (Å²) < 4.78 is 2.07. The Morgan fingerprint density at radius 2 is 2.18 bits per heavy atom. The molecule has 1 unspecified atom stereocenters. The number of hydrogen-bond acceptors (Lipinski definition) is 3. The van der Waals surface area contributed by atoms with Crippen LogP contribution in [-0.4, -0.2) is 9.55 Å². The number of aromatic nitrogens is 2. The predicted molar refractivity (Wildman–Crippen MR) is 69.0 cm³/mol. The van der Waals surface area contributed by atoms with E-state index in [4.69, 9.17) is 5.84 Å². The molecule has 1 aliphatic carbocycles. The van der Waals surface area contributed by atoms with Crippen molar-refractivity contribution in [3.8, 4) is 0 Å². The lowest BCUT2D eigenvalue weighted by atomic mass is 9.77. The molecule has 1 aromatic heterocycles. The van der Waals surface area contributed by atoms with Crippen LogP contribution in [0.25, 0.3) is 0 Å². The van der Waals surface area contributed by atoms with Gasteiger partial charge in [0, 0.05) is 13.2 Å². The Balaban J connectivity index is 2.03. The molecule has 0 aliphatic heterocycles. The Hall–Kier alpha value is -0.870. The van der Waals surface area contributed by atoms with Gasteiger partial charge in [0.25, 0.3) is 0 Å². The number of nitrogens with zero attached hydrogens (tertiary/aromatic N) is 2. The van der Waals surface area contributed by atoms with Crippen molar-refractivity contribution < 1.29 is 0 Å². The number of nitrogens with one attached hydrogen (secondary N) is 1. The van der Waals surface area contributed by atoms with Gasteiger partial charge in [-0.25, -0.2) is 4.98 Å². The summed E-state index contributed by atoms with van der Waals surface area (Å²) in [6.07, 6.45) is 10.3. The summed E-state index contributed by atoms with van der Waals surface area (Å²) in [6.45, 7) is 2.30. The van der Waals surface area contributed by atoms with Crippen LogP contribution in [0.15, 0.2) is 12.5 Å². The minimum Gasteiger partial charge on any atom is -0.336 e. The van der Waals surface area contributed by atoms with E-state index in [-0.39, 0.29) is 6.04 Å². The third kappa shape index (κ3) is 2.69. The zero-order chi connectivity index (χ0) is 12.3. The largest absolute Gasteiger partial charge is 0.336 e. The molecular weight excluding hydrogens is 212 g/mol. The highest BCUT2D eigenvalue weighted by atomic mass is 15.3. The van der Waals surface area contributed by atoms with Crippen molar-refractivity contribution in [2.24, 2.45) is 24.7 Å². The van der Waals surface area contributed by atoms with Gasteiger partial charge in [-0.1, -0.05) is 26.2 Å². The zero-order valence-corrected chi connectivity index (χ0v) is 10.9. The predicted octanol–water partition coefficient (Wildman–Crippen LogP) is 2.14. The SMILES string of the molecule is CCC1CCC(C(NN)c2cncn2C)CC1. The Morgan fingerprint density at radius 1 is 1.47 bits per heavy atom. The van der Waals surface area contributed by atoms with Gasteiger partial charge in [-0.3, -0.25) is 11.3 Å². The number of imidazole rings is 1. The molecule has 0 aromatic carbocycles. The fourth-order valence-electron chi connectivity index (χ4n) is 3.06. The Kier molecular flexibility index (Phi) is 4.18. The minimum atomic E-state index is 0.250. The standard InChI is InChI=1S/C13H24N4/c1-3-10-4-6-11(7-5-10)13(16-14)12-8-15-9-17(12)2/h8-11,13,16H,3-7,14H2,1-2H3. The lowest BCUT2D eigenvalue weighted by Gasteiger charge is -2.33. The summed E-state index contributed by atoms with van der Waals surface area (Å²) in [5, 5.41) is 0. The van der Waals surface area contributed by atoms with E-state index < -0.39 is 0 Å². The van der Waals surface area contributed by atoms with Gasteiger partial charge >= 0.3 is 0 Å². The van der Waals surface area contributed by atoms with E-state index in [1.54, 1.807) is 0 Å². The molecule has 3 N–H and O–H groups in total. The zero-order valence-electron chi connectivity index (χ0n) is 10.9. The quantitative estimate of drug-likeness (QED) is 0.622. The van der Waals surface area contributed by atoms with Gasteiger partial charge in [-0.05, 0) is 24.7 Å². The Morgan fingerprint density at radius 3 is 2.65 bits per heavy atom. The van der Waals surface area contributed by atoms with Crippen LogP contribution in [-0.2, 0) is 7.05 Å². The van der Waals surface area contributed by atoms with Crippen molar-refractivity contribution >= 4 is 0 Å². The first kappa shape index (κ1) is 12.6. The van der Waals surface area contributed by atoms with Crippen LogP contribution in [0, 0.1) is 11.8 Å². The molecule has 0 radical (unpaired) electrons. The highest BCUT2D eigenvalue weighted by molar-refractivity contribution is 5.06. The first-order valence-electron chi connectivity index (χ1n) is 6.68. The van der Waals surface area contributed by atoms with Crippen LogP contribution >= 0.6 is 0 Å². The molecule has 0 saturated heterocycles. The van der Waals surface area contributed by atoms with E-state index in [0.717, 1.165) is 5.92 Å². The molecule has 1 fully saturated rings. The van der Waals surface area contributed by atoms with Crippen LogP contribution in [0.1, 0.15) is 50.8 Å². The van der Waals surface area contributed by atoms with E-state index in [2.05, 4.69) is 21.9 Å². The summed E-state index contributed by atoms with van der Waals surface area (Å²) in [7, 11) is 2.03. The number of hydrogen-bond donors (Lipinski definition) is 2. The highest BCUT2D eigenvalue weighted by Gasteiger charge is 2.28. The third-order valence-electron chi connectivity index (χ3n) is 4.29. The third-order valence-corrected chi connectivity index (χ3v) is 4.29. The number of hydrazine groups is 1. The van der Waals surface area contributed by atoms with Crippen molar-refractivity contribution in [1.29, 1.82) is 0 Å². The lowest BCUT2D eigenvalue weighted by molar-refractivity contribution is 0.215. The fraction of sp³-hybridized carbons (Fsp3) is 0.769. The van der Waals surface area contributed by atoms with E-state index in [1.807, 2.05) is 19.6 Å². The first-order valence-corrected chi connectivity index (χ1v) is 6.68. The number of rotatable bonds is 4. The second kappa shape index (κ2) is 5.65. The van der Waals surface area contributed by atoms with Crippen LogP contribution in [0.5, 0.6) is 0 Å². The van der Waals surface area contributed by atoms with Crippen molar-refractivity contribution in [3.63, 3.8) is 0 Å². The maximum absolute atomic E-state index is 5.74. The first-order chi connectivity index (χ1) is 8.26. The molecule has 4 heteroatoms. The van der Waals surface area contributed by atoms with Crippen molar-refractivity contribution in [3.05, 3.63) is 18.2 Å². The van der Waals surface area contributed by atoms with Gasteiger partial charge in [0.15, 0.2) is 0 Å². The maximum Gasteiger partial charge on any atom is 0.0946 e. The second-order valence-electron chi connectivity index (χ2n) is 5.26. The maximum atomic E-state index is 5.74. The monoisotopic (exact) mass is 236 g/mol. The molecule has 2 rings (SSSR count). The normalized spacial score (nSPS) is 27.0. The summed E-state index contributed by atoms with van der Waals surface area (Å²) in [6, 6.07) is 0.250. The molecule has 0 spiro atoms. The average molecular weight is 236 g/mol. The van der Waals surface area contributed by atoms with Gasteiger partial charge < -0.3 is 4.57 Å². The van der Waals surface area contributed by atoms with Gasteiger partial charge in [0.05, 0.1) is 18.1 Å². The molecule has 4 nitrogen and oxygen atoms in total. The molecule has 17 heavy (non-hydrogen) atoms. The van der Waals surface area contributed by atoms with Crippen LogP contribution in [0.3, 0.4) is 0 Å². The van der Waals surface area contributed by atoms with E-state index in [0.29, 0.717) is 5.92 Å². The molecule has 1 atom stereocenters. The second-order valence-corrected chi connectivity index (χ2v) is 5.26. The van der Waals surface area contributed by atoms with Crippen LogP contribution < -0.4 is 11.3 Å². The van der Waals surface area contributed by atoms with Crippen LogP contribution in [0.4, 0.5) is 0 Å². The van der Waals surface area contributed by atoms with Gasteiger partial charge in [-0.15, -0.1) is 0 Å². The van der Waals surface area contributed by atoms with Gasteiger partial charge in [-0.2, -0.15) is 0 Å². The number of aryl methyl sites for hydroxylation is 1. The van der Waals surface area contributed by atoms with E-state index in [1.165, 1.54) is 37.8 Å². The summed E-state index contributed by atoms with van der Waals surface area (Å²) in [4.78, 5) is 4.18. The van der Waals surface area contributed by atoms with Crippen molar-refractivity contribution in [2.45, 2.75) is 45.1 Å². The molecule has 1 saturated carbocycles. The molecule has 0 bridgehead atoms. The average Bonchev–Trinajstić information content (AvgIpc) is 2.78. The lowest BCUT2D eigenvalue weighted by Crippen LogP contribution is -2.36. The molecule has 96 valence electrons. The molecule has 1 heterocycles. The highest BCUT2D eigenvalue weighted by Crippen LogP contribution is 2.37. The van der Waals surface area contributed by atoms with Crippen LogP contribution in [0.2, 0.25) is 0 Å². The Bertz CT molecular complexity index is 339. The number of nitrogens with two attached hydrogens (primary N) is 1. The Labute approximate surface area is 104 Å². The van der Waals surface area contributed by atoms with Gasteiger partial charge in [0.1, 0.15) is 0 Å². The van der Waals surface area contributed by atoms with E-state index >= 15 is 0 Å². The fourth-order valence-corrected chi connectivity index (χ4v) is 3.06. The summed E-state index contributed by atoms with van der Waals surface area (Å²) in [5.41, 5.74) is 4.19. The molecule has 0 amide bonds. The van der Waals surface area contributed by atoms with E-state index in [9.17, 15) is 0 Å². The van der Waals surface area contributed by atoms with Crippen molar-refractivity contribution in [2.75, 3.05) is 0 Å². The molecule has 1 aliphatic rings.